The summed E-state index contributed by atoms with van der Waals surface area (Å²) in [7, 11) is 0. The molecule has 0 aliphatic heterocycles. The molecule has 2 amide bonds. The molecule has 1 heterocycles. The van der Waals surface area contributed by atoms with E-state index in [2.05, 4.69) is 10.6 Å². The Hall–Kier alpha value is -3.45. The Labute approximate surface area is 172 Å². The van der Waals surface area contributed by atoms with Gasteiger partial charge in [-0.15, -0.1) is 11.3 Å². The third-order valence-electron chi connectivity index (χ3n) is 4.00. The first kappa shape index (κ1) is 20.3. The van der Waals surface area contributed by atoms with Crippen LogP contribution < -0.4 is 10.6 Å². The van der Waals surface area contributed by atoms with E-state index in [4.69, 9.17) is 4.74 Å². The zero-order valence-electron chi connectivity index (χ0n) is 16.0. The Balaban J connectivity index is 1.63. The summed E-state index contributed by atoms with van der Waals surface area (Å²) in [5, 5.41) is 5.44. The van der Waals surface area contributed by atoms with Gasteiger partial charge in [0.15, 0.2) is 6.61 Å². The van der Waals surface area contributed by atoms with Gasteiger partial charge in [-0.3, -0.25) is 9.59 Å². The second-order valence-electron chi connectivity index (χ2n) is 6.40. The molecule has 0 bridgehead atoms. The number of rotatable bonds is 6. The molecule has 6 nitrogen and oxygen atoms in total. The van der Waals surface area contributed by atoms with E-state index >= 15 is 0 Å². The Bertz CT molecular complexity index is 1060. The maximum atomic E-state index is 12.6. The van der Waals surface area contributed by atoms with Crippen LogP contribution in [0.3, 0.4) is 0 Å². The van der Waals surface area contributed by atoms with Gasteiger partial charge >= 0.3 is 5.97 Å². The number of amides is 2. The van der Waals surface area contributed by atoms with Crippen LogP contribution in [-0.2, 0) is 9.53 Å². The minimum Gasteiger partial charge on any atom is -0.451 e. The van der Waals surface area contributed by atoms with E-state index in [0.29, 0.717) is 21.8 Å². The maximum absolute atomic E-state index is 12.6. The molecular formula is C22H20N2O4S. The molecule has 29 heavy (non-hydrogen) atoms. The average molecular weight is 408 g/mol. The zero-order valence-corrected chi connectivity index (χ0v) is 16.8. The van der Waals surface area contributed by atoms with Crippen molar-refractivity contribution >= 4 is 40.5 Å². The molecule has 0 fully saturated rings. The number of hydrogen-bond acceptors (Lipinski definition) is 5. The van der Waals surface area contributed by atoms with Gasteiger partial charge in [0.1, 0.15) is 4.88 Å². The van der Waals surface area contributed by atoms with Crippen LogP contribution in [0.4, 0.5) is 11.4 Å². The number of nitrogens with one attached hydrogen (secondary N) is 2. The fourth-order valence-electron chi connectivity index (χ4n) is 2.64. The van der Waals surface area contributed by atoms with Crippen molar-refractivity contribution in [2.45, 2.75) is 13.8 Å². The SMILES string of the molecule is Cc1cccc(NC(=O)c2ccccc2NC(=O)COC(=O)c2ccc(C)s2)c1. The fraction of sp³-hybridized carbons (Fsp3) is 0.136. The van der Waals surface area contributed by atoms with Gasteiger partial charge in [-0.2, -0.15) is 0 Å². The molecule has 0 radical (unpaired) electrons. The van der Waals surface area contributed by atoms with Gasteiger partial charge in [0.05, 0.1) is 11.3 Å². The topological polar surface area (TPSA) is 84.5 Å². The van der Waals surface area contributed by atoms with Crippen molar-refractivity contribution in [3.63, 3.8) is 0 Å². The average Bonchev–Trinajstić information content (AvgIpc) is 3.13. The summed E-state index contributed by atoms with van der Waals surface area (Å²) in [6.45, 7) is 3.37. The number of aryl methyl sites for hydroxylation is 2. The third-order valence-corrected chi connectivity index (χ3v) is 4.98. The van der Waals surface area contributed by atoms with Gasteiger partial charge in [-0.1, -0.05) is 24.3 Å². The number of para-hydroxylation sites is 1. The summed E-state index contributed by atoms with van der Waals surface area (Å²) in [5.41, 5.74) is 2.33. The number of hydrogen-bond donors (Lipinski definition) is 2. The predicted molar refractivity (Wildman–Crippen MR) is 114 cm³/mol. The van der Waals surface area contributed by atoms with Crippen molar-refractivity contribution in [3.8, 4) is 0 Å². The van der Waals surface area contributed by atoms with Crippen molar-refractivity contribution in [1.82, 2.24) is 0 Å². The van der Waals surface area contributed by atoms with Crippen LogP contribution >= 0.6 is 11.3 Å². The molecule has 0 aliphatic rings. The minimum absolute atomic E-state index is 0.308. The van der Waals surface area contributed by atoms with E-state index in [0.717, 1.165) is 10.4 Å². The summed E-state index contributed by atoms with van der Waals surface area (Å²) < 4.78 is 5.04. The highest BCUT2D eigenvalue weighted by Gasteiger charge is 2.16. The smallest absolute Gasteiger partial charge is 0.348 e. The molecule has 3 aromatic rings. The van der Waals surface area contributed by atoms with E-state index in [1.54, 1.807) is 36.4 Å². The lowest BCUT2D eigenvalue weighted by Gasteiger charge is -2.12. The molecule has 2 N–H and O–H groups in total. The first-order valence-electron chi connectivity index (χ1n) is 8.93. The molecular weight excluding hydrogens is 388 g/mol. The highest BCUT2D eigenvalue weighted by atomic mass is 32.1. The normalized spacial score (nSPS) is 10.3. The Kier molecular flexibility index (Phi) is 6.41. The molecule has 148 valence electrons. The van der Waals surface area contributed by atoms with E-state index in [-0.39, 0.29) is 5.91 Å². The molecule has 1 aromatic heterocycles. The number of ether oxygens (including phenoxy) is 1. The molecule has 7 heteroatoms. The van der Waals surface area contributed by atoms with Crippen molar-refractivity contribution in [3.05, 3.63) is 81.5 Å². The maximum Gasteiger partial charge on any atom is 0.348 e. The molecule has 0 aliphatic carbocycles. The van der Waals surface area contributed by atoms with Gasteiger partial charge in [0.2, 0.25) is 0 Å². The molecule has 3 rings (SSSR count). The lowest BCUT2D eigenvalue weighted by Crippen LogP contribution is -2.23. The van der Waals surface area contributed by atoms with E-state index in [9.17, 15) is 14.4 Å². The summed E-state index contributed by atoms with van der Waals surface area (Å²) in [6, 6.07) is 17.5. The number of benzene rings is 2. The number of carbonyl (C=O) groups excluding carboxylic acids is 3. The third kappa shape index (κ3) is 5.52. The van der Waals surface area contributed by atoms with Gasteiger partial charge in [-0.25, -0.2) is 4.79 Å². The van der Waals surface area contributed by atoms with Crippen LogP contribution in [0.15, 0.2) is 60.7 Å². The summed E-state index contributed by atoms with van der Waals surface area (Å²) in [6.07, 6.45) is 0. The van der Waals surface area contributed by atoms with Crippen LogP contribution in [0.1, 0.15) is 30.5 Å². The number of carbonyl (C=O) groups is 3. The zero-order chi connectivity index (χ0) is 20.8. The van der Waals surface area contributed by atoms with Crippen molar-refractivity contribution < 1.29 is 19.1 Å². The first-order chi connectivity index (χ1) is 13.9. The first-order valence-corrected chi connectivity index (χ1v) is 9.74. The molecule has 0 atom stereocenters. The summed E-state index contributed by atoms with van der Waals surface area (Å²) >= 11 is 1.30. The number of esters is 1. The molecule has 0 spiro atoms. The van der Waals surface area contributed by atoms with Crippen molar-refractivity contribution in [1.29, 1.82) is 0 Å². The van der Waals surface area contributed by atoms with Crippen LogP contribution in [0, 0.1) is 13.8 Å². The Morgan fingerprint density at radius 2 is 1.72 bits per heavy atom. The fourth-order valence-corrected chi connectivity index (χ4v) is 3.41. The van der Waals surface area contributed by atoms with E-state index in [1.807, 2.05) is 38.1 Å². The predicted octanol–water partition coefficient (Wildman–Crippen LogP) is 4.41. The largest absolute Gasteiger partial charge is 0.451 e. The molecule has 2 aromatic carbocycles. The van der Waals surface area contributed by atoms with Gasteiger partial charge < -0.3 is 15.4 Å². The molecule has 0 saturated heterocycles. The van der Waals surface area contributed by atoms with Crippen LogP contribution in [-0.4, -0.2) is 24.4 Å². The lowest BCUT2D eigenvalue weighted by molar-refractivity contribution is -0.119. The molecule has 0 unspecified atom stereocenters. The highest BCUT2D eigenvalue weighted by molar-refractivity contribution is 7.13. The summed E-state index contributed by atoms with van der Waals surface area (Å²) in [5.74, 6) is -1.43. The standard InChI is InChI=1S/C22H20N2O4S/c1-14-6-5-7-16(12-14)23-21(26)17-8-3-4-9-18(17)24-20(25)13-28-22(27)19-11-10-15(2)29-19/h3-12H,13H2,1-2H3,(H,23,26)(H,24,25). The number of thiophene rings is 1. The monoisotopic (exact) mass is 408 g/mol. The lowest BCUT2D eigenvalue weighted by atomic mass is 10.1. The van der Waals surface area contributed by atoms with E-state index < -0.39 is 18.5 Å². The highest BCUT2D eigenvalue weighted by Crippen LogP contribution is 2.19. The molecule has 0 saturated carbocycles. The second-order valence-corrected chi connectivity index (χ2v) is 7.69. The van der Waals surface area contributed by atoms with Crippen molar-refractivity contribution in [2.24, 2.45) is 0 Å². The number of anilines is 2. The van der Waals surface area contributed by atoms with Crippen LogP contribution in [0.2, 0.25) is 0 Å². The van der Waals surface area contributed by atoms with Gasteiger partial charge in [0.25, 0.3) is 11.8 Å². The van der Waals surface area contributed by atoms with E-state index in [1.165, 1.54) is 11.3 Å². The van der Waals surface area contributed by atoms with Gasteiger partial charge in [0, 0.05) is 10.6 Å². The van der Waals surface area contributed by atoms with Crippen LogP contribution in [0.25, 0.3) is 0 Å². The Morgan fingerprint density at radius 1 is 0.931 bits per heavy atom. The van der Waals surface area contributed by atoms with Crippen molar-refractivity contribution in [2.75, 3.05) is 17.2 Å². The second kappa shape index (κ2) is 9.16. The minimum atomic E-state index is -0.552. The quantitative estimate of drug-likeness (QED) is 0.592. The summed E-state index contributed by atoms with van der Waals surface area (Å²) in [4.78, 5) is 38.2. The Morgan fingerprint density at radius 3 is 2.45 bits per heavy atom. The van der Waals surface area contributed by atoms with Crippen LogP contribution in [0.5, 0.6) is 0 Å². The van der Waals surface area contributed by atoms with Gasteiger partial charge in [-0.05, 0) is 55.8 Å².